The van der Waals surface area contributed by atoms with E-state index in [4.69, 9.17) is 0 Å². The van der Waals surface area contributed by atoms with Crippen molar-refractivity contribution in [2.24, 2.45) is 0 Å². The molecule has 1 atom stereocenters. The fourth-order valence-corrected chi connectivity index (χ4v) is 2.92. The van der Waals surface area contributed by atoms with Crippen molar-refractivity contribution in [2.45, 2.75) is 19.3 Å². The van der Waals surface area contributed by atoms with E-state index in [0.29, 0.717) is 27.9 Å². The summed E-state index contributed by atoms with van der Waals surface area (Å²) in [4.78, 5) is 39.6. The molecule has 0 saturated carbocycles. The maximum absolute atomic E-state index is 12.6. The van der Waals surface area contributed by atoms with Gasteiger partial charge in [-0.3, -0.25) is 14.6 Å². The van der Waals surface area contributed by atoms with Crippen molar-refractivity contribution in [3.63, 3.8) is 0 Å². The Morgan fingerprint density at radius 2 is 1.86 bits per heavy atom. The summed E-state index contributed by atoms with van der Waals surface area (Å²) in [7, 11) is 0. The molecule has 0 saturated heterocycles. The first-order valence-electron chi connectivity index (χ1n) is 6.94. The number of hydrogen-bond acceptors (Lipinski definition) is 5. The standard InChI is InChI=1S/C17H13NO4/c1-2-9(16(20)17(21)22)10-7-8-18-14-11-5-3-4-6-12(11)15(19)13(10)14/h3-9H,2H2,1H3,(H,21,22)/p-1. The minimum Gasteiger partial charge on any atom is -0.542 e. The zero-order valence-corrected chi connectivity index (χ0v) is 11.8. The molecule has 0 amide bonds. The highest BCUT2D eigenvalue weighted by Gasteiger charge is 2.33. The number of hydrogen-bond donors (Lipinski definition) is 0. The number of rotatable bonds is 4. The third kappa shape index (κ3) is 1.94. The molecule has 1 aliphatic rings. The van der Waals surface area contributed by atoms with E-state index in [2.05, 4.69) is 4.98 Å². The summed E-state index contributed by atoms with van der Waals surface area (Å²) < 4.78 is 0. The monoisotopic (exact) mass is 294 g/mol. The van der Waals surface area contributed by atoms with E-state index in [9.17, 15) is 19.5 Å². The van der Waals surface area contributed by atoms with Gasteiger partial charge in [0.25, 0.3) is 0 Å². The lowest BCUT2D eigenvalue weighted by Crippen LogP contribution is -2.35. The third-order valence-electron chi connectivity index (χ3n) is 3.94. The summed E-state index contributed by atoms with van der Waals surface area (Å²) in [6, 6.07) is 8.59. The Hall–Kier alpha value is -2.82. The number of aliphatic carboxylic acids is 1. The number of pyridine rings is 1. The molecule has 0 bridgehead atoms. The van der Waals surface area contributed by atoms with Gasteiger partial charge in [0, 0.05) is 23.2 Å². The molecule has 2 aromatic rings. The Bertz CT molecular complexity index is 810. The van der Waals surface area contributed by atoms with Gasteiger partial charge in [0.2, 0.25) is 0 Å². The molecule has 0 spiro atoms. The van der Waals surface area contributed by atoms with Crippen LogP contribution in [0.15, 0.2) is 36.5 Å². The SMILES string of the molecule is CCC(C(=O)C(=O)[O-])c1ccnc2c1C(=O)c1ccccc1-2. The number of carbonyl (C=O) groups excluding carboxylic acids is 3. The summed E-state index contributed by atoms with van der Waals surface area (Å²) in [5.41, 5.74) is 2.46. The van der Waals surface area contributed by atoms with Crippen LogP contribution in [0.25, 0.3) is 11.3 Å². The van der Waals surface area contributed by atoms with Crippen molar-refractivity contribution in [1.29, 1.82) is 0 Å². The van der Waals surface area contributed by atoms with Gasteiger partial charge in [0.15, 0.2) is 11.6 Å². The molecule has 3 rings (SSSR count). The van der Waals surface area contributed by atoms with Crippen LogP contribution in [-0.4, -0.2) is 22.5 Å². The molecule has 0 N–H and O–H groups in total. The van der Waals surface area contributed by atoms with Crippen molar-refractivity contribution >= 4 is 17.5 Å². The van der Waals surface area contributed by atoms with Gasteiger partial charge < -0.3 is 9.90 Å². The van der Waals surface area contributed by atoms with E-state index < -0.39 is 17.7 Å². The fraction of sp³-hybridized carbons (Fsp3) is 0.176. The Morgan fingerprint density at radius 3 is 2.50 bits per heavy atom. The molecule has 110 valence electrons. The van der Waals surface area contributed by atoms with Gasteiger partial charge in [0.05, 0.1) is 11.3 Å². The lowest BCUT2D eigenvalue weighted by molar-refractivity contribution is -0.300. The molecule has 0 fully saturated rings. The fourth-order valence-electron chi connectivity index (χ4n) is 2.92. The quantitative estimate of drug-likeness (QED) is 0.673. The maximum Gasteiger partial charge on any atom is 0.196 e. The minimum atomic E-state index is -1.74. The van der Waals surface area contributed by atoms with E-state index in [1.807, 2.05) is 0 Å². The van der Waals surface area contributed by atoms with Crippen LogP contribution in [0, 0.1) is 0 Å². The molecule has 1 aromatic heterocycles. The third-order valence-corrected chi connectivity index (χ3v) is 3.94. The highest BCUT2D eigenvalue weighted by atomic mass is 16.4. The Balaban J connectivity index is 2.21. The molecule has 5 nitrogen and oxygen atoms in total. The average Bonchev–Trinajstić information content (AvgIpc) is 2.82. The Morgan fingerprint density at radius 1 is 1.18 bits per heavy atom. The van der Waals surface area contributed by atoms with Gasteiger partial charge in [-0.25, -0.2) is 0 Å². The van der Waals surface area contributed by atoms with E-state index in [1.54, 1.807) is 31.2 Å². The molecular weight excluding hydrogens is 282 g/mol. The van der Waals surface area contributed by atoms with Crippen LogP contribution < -0.4 is 5.11 Å². The van der Waals surface area contributed by atoms with Crippen LogP contribution in [0.5, 0.6) is 0 Å². The van der Waals surface area contributed by atoms with Crippen LogP contribution in [0.2, 0.25) is 0 Å². The number of carboxylic acid groups (broad SMARTS) is 1. The van der Waals surface area contributed by atoms with E-state index >= 15 is 0 Å². The lowest BCUT2D eigenvalue weighted by Gasteiger charge is -2.17. The van der Waals surface area contributed by atoms with Crippen molar-refractivity contribution in [3.05, 3.63) is 53.2 Å². The molecule has 0 aliphatic heterocycles. The van der Waals surface area contributed by atoms with Crippen molar-refractivity contribution in [3.8, 4) is 11.3 Å². The Kier molecular flexibility index (Phi) is 3.33. The second-order valence-corrected chi connectivity index (χ2v) is 5.11. The lowest BCUT2D eigenvalue weighted by atomic mass is 9.88. The number of carbonyl (C=O) groups is 3. The molecule has 1 heterocycles. The smallest absolute Gasteiger partial charge is 0.196 e. The minimum absolute atomic E-state index is 0.224. The zero-order chi connectivity index (χ0) is 15.9. The molecule has 5 heteroatoms. The van der Waals surface area contributed by atoms with E-state index in [0.717, 1.165) is 0 Å². The van der Waals surface area contributed by atoms with E-state index in [-0.39, 0.29) is 12.2 Å². The number of benzene rings is 1. The van der Waals surface area contributed by atoms with Crippen LogP contribution in [0.3, 0.4) is 0 Å². The second-order valence-electron chi connectivity index (χ2n) is 5.11. The first-order valence-corrected chi connectivity index (χ1v) is 6.94. The van der Waals surface area contributed by atoms with E-state index in [1.165, 1.54) is 12.3 Å². The second kappa shape index (κ2) is 5.18. The topological polar surface area (TPSA) is 87.2 Å². The van der Waals surface area contributed by atoms with Crippen molar-refractivity contribution in [1.82, 2.24) is 4.98 Å². The number of ketones is 2. The van der Waals surface area contributed by atoms with Crippen LogP contribution in [0.1, 0.15) is 40.7 Å². The number of carboxylic acids is 1. The molecule has 0 radical (unpaired) electrons. The zero-order valence-electron chi connectivity index (χ0n) is 11.8. The first-order chi connectivity index (χ1) is 10.6. The molecular formula is C17H12NO4-. The van der Waals surface area contributed by atoms with Gasteiger partial charge in [-0.1, -0.05) is 31.2 Å². The van der Waals surface area contributed by atoms with Gasteiger partial charge in [-0.05, 0) is 18.1 Å². The molecule has 1 aromatic carbocycles. The predicted molar refractivity (Wildman–Crippen MR) is 76.2 cm³/mol. The van der Waals surface area contributed by atoms with Crippen LogP contribution >= 0.6 is 0 Å². The van der Waals surface area contributed by atoms with Gasteiger partial charge in [-0.15, -0.1) is 0 Å². The highest BCUT2D eigenvalue weighted by molar-refractivity contribution is 6.34. The summed E-state index contributed by atoms with van der Waals surface area (Å²) in [5, 5.41) is 10.9. The van der Waals surface area contributed by atoms with Crippen molar-refractivity contribution < 1.29 is 19.5 Å². The van der Waals surface area contributed by atoms with Gasteiger partial charge >= 0.3 is 0 Å². The highest BCUT2D eigenvalue weighted by Crippen LogP contribution is 2.39. The van der Waals surface area contributed by atoms with Gasteiger partial charge in [0.1, 0.15) is 5.97 Å². The molecule has 1 aliphatic carbocycles. The predicted octanol–water partition coefficient (Wildman–Crippen LogP) is 1.11. The summed E-state index contributed by atoms with van der Waals surface area (Å²) in [5.74, 6) is -3.88. The Labute approximate surface area is 126 Å². The first kappa shape index (κ1) is 14.1. The average molecular weight is 294 g/mol. The normalized spacial score (nSPS) is 13.4. The largest absolute Gasteiger partial charge is 0.542 e. The number of Topliss-reactive ketones (excluding diaryl/α,β-unsaturated/α-hetero) is 1. The number of nitrogens with zero attached hydrogens (tertiary/aromatic N) is 1. The molecule has 1 unspecified atom stereocenters. The summed E-state index contributed by atoms with van der Waals surface area (Å²) in [6.45, 7) is 1.70. The van der Waals surface area contributed by atoms with Crippen LogP contribution in [-0.2, 0) is 9.59 Å². The summed E-state index contributed by atoms with van der Waals surface area (Å²) >= 11 is 0. The number of fused-ring (bicyclic) bond motifs is 3. The number of aromatic nitrogens is 1. The maximum atomic E-state index is 12.6. The van der Waals surface area contributed by atoms with Crippen LogP contribution in [0.4, 0.5) is 0 Å². The van der Waals surface area contributed by atoms with Gasteiger partial charge in [-0.2, -0.15) is 0 Å². The molecule has 22 heavy (non-hydrogen) atoms. The van der Waals surface area contributed by atoms with Crippen molar-refractivity contribution in [2.75, 3.05) is 0 Å². The summed E-state index contributed by atoms with van der Waals surface area (Å²) in [6.07, 6.45) is 1.77.